The Morgan fingerprint density at radius 3 is 2.62 bits per heavy atom. The van der Waals surface area contributed by atoms with Gasteiger partial charge < -0.3 is 24.8 Å². The lowest BCUT2D eigenvalue weighted by Gasteiger charge is -2.37. The SMILES string of the molecule is CCOC(=O)C1=C(CN2CCC3(CC2)OCCO3)C(=O)Nc2cc(F)ccc2N1. The molecule has 1 aromatic carbocycles. The third-order valence-electron chi connectivity index (χ3n) is 5.36. The maximum absolute atomic E-state index is 13.6. The fraction of sp³-hybridized carbons (Fsp3) is 0.500. The summed E-state index contributed by atoms with van der Waals surface area (Å²) in [6, 6.07) is 3.95. The standard InChI is InChI=1S/C20H24FN3O5/c1-2-27-19(26)17-14(12-24-7-5-20(6-8-24)28-9-10-29-20)18(25)23-16-11-13(21)3-4-15(16)22-17/h3-4,11,22H,2,5-10,12H2,1H3,(H,23,25). The molecule has 8 nitrogen and oxygen atoms in total. The Morgan fingerprint density at radius 1 is 1.21 bits per heavy atom. The molecule has 1 spiro atoms. The van der Waals surface area contributed by atoms with E-state index in [-0.39, 0.29) is 30.1 Å². The maximum Gasteiger partial charge on any atom is 0.355 e. The molecule has 156 valence electrons. The van der Waals surface area contributed by atoms with E-state index in [1.807, 2.05) is 0 Å². The van der Waals surface area contributed by atoms with Crippen LogP contribution in [0, 0.1) is 5.82 Å². The first-order chi connectivity index (χ1) is 14.0. The first-order valence-electron chi connectivity index (χ1n) is 9.78. The molecule has 9 heteroatoms. The minimum atomic E-state index is -0.620. The number of likely N-dealkylation sites (tertiary alicyclic amines) is 1. The van der Waals surface area contributed by atoms with E-state index in [4.69, 9.17) is 14.2 Å². The second-order valence-corrected chi connectivity index (χ2v) is 7.23. The van der Waals surface area contributed by atoms with Gasteiger partial charge in [-0.3, -0.25) is 9.69 Å². The van der Waals surface area contributed by atoms with Gasteiger partial charge in [0, 0.05) is 32.5 Å². The van der Waals surface area contributed by atoms with Crippen LogP contribution < -0.4 is 10.6 Å². The van der Waals surface area contributed by atoms with Crippen LogP contribution in [-0.2, 0) is 23.8 Å². The highest BCUT2D eigenvalue weighted by Crippen LogP contribution is 2.33. The van der Waals surface area contributed by atoms with Gasteiger partial charge in [-0.1, -0.05) is 0 Å². The van der Waals surface area contributed by atoms with Crippen LogP contribution in [0.5, 0.6) is 0 Å². The zero-order valence-corrected chi connectivity index (χ0v) is 16.3. The molecule has 4 rings (SSSR count). The van der Waals surface area contributed by atoms with Gasteiger partial charge in [0.25, 0.3) is 5.91 Å². The number of amides is 1. The molecule has 29 heavy (non-hydrogen) atoms. The summed E-state index contributed by atoms with van der Waals surface area (Å²) in [6.07, 6.45) is 1.38. The summed E-state index contributed by atoms with van der Waals surface area (Å²) >= 11 is 0. The lowest BCUT2D eigenvalue weighted by Crippen LogP contribution is -2.46. The quantitative estimate of drug-likeness (QED) is 0.739. The summed E-state index contributed by atoms with van der Waals surface area (Å²) < 4.78 is 30.3. The molecule has 0 aromatic heterocycles. The Balaban J connectivity index is 1.57. The molecule has 0 radical (unpaired) electrons. The molecule has 1 aromatic rings. The Labute approximate surface area is 168 Å². The van der Waals surface area contributed by atoms with E-state index in [0.717, 1.165) is 0 Å². The number of hydrogen-bond acceptors (Lipinski definition) is 7. The van der Waals surface area contributed by atoms with Gasteiger partial charge in [0.1, 0.15) is 11.5 Å². The monoisotopic (exact) mass is 405 g/mol. The average Bonchev–Trinajstić information content (AvgIpc) is 3.10. The maximum atomic E-state index is 13.6. The van der Waals surface area contributed by atoms with Crippen LogP contribution >= 0.6 is 0 Å². The fourth-order valence-electron chi connectivity index (χ4n) is 3.84. The number of nitrogens with one attached hydrogen (secondary N) is 2. The second kappa shape index (κ2) is 8.10. The van der Waals surface area contributed by atoms with E-state index in [1.165, 1.54) is 18.2 Å². The van der Waals surface area contributed by atoms with Gasteiger partial charge in [0.05, 0.1) is 36.8 Å². The predicted octanol–water partition coefficient (Wildman–Crippen LogP) is 1.85. The normalized spacial score (nSPS) is 21.4. The smallest absolute Gasteiger partial charge is 0.355 e. The fourth-order valence-corrected chi connectivity index (χ4v) is 3.84. The van der Waals surface area contributed by atoms with E-state index in [0.29, 0.717) is 44.8 Å². The molecule has 3 aliphatic heterocycles. The summed E-state index contributed by atoms with van der Waals surface area (Å²) in [5.74, 6) is -2.08. The highest BCUT2D eigenvalue weighted by atomic mass is 19.1. The van der Waals surface area contributed by atoms with Crippen molar-refractivity contribution < 1.29 is 28.2 Å². The molecule has 0 atom stereocenters. The molecule has 0 unspecified atom stereocenters. The summed E-state index contributed by atoms with van der Waals surface area (Å²) in [4.78, 5) is 27.6. The lowest BCUT2D eigenvalue weighted by molar-refractivity contribution is -0.184. The van der Waals surface area contributed by atoms with E-state index in [2.05, 4.69) is 15.5 Å². The van der Waals surface area contributed by atoms with Crippen molar-refractivity contribution in [1.29, 1.82) is 0 Å². The van der Waals surface area contributed by atoms with Crippen molar-refractivity contribution in [3.63, 3.8) is 0 Å². The number of fused-ring (bicyclic) bond motifs is 1. The molecule has 2 saturated heterocycles. The minimum Gasteiger partial charge on any atom is -0.461 e. The van der Waals surface area contributed by atoms with Crippen LogP contribution in [0.3, 0.4) is 0 Å². The van der Waals surface area contributed by atoms with Gasteiger partial charge in [-0.2, -0.15) is 0 Å². The van der Waals surface area contributed by atoms with Crippen molar-refractivity contribution in [1.82, 2.24) is 4.90 Å². The van der Waals surface area contributed by atoms with Crippen molar-refractivity contribution in [2.45, 2.75) is 25.6 Å². The highest BCUT2D eigenvalue weighted by molar-refractivity contribution is 6.13. The summed E-state index contributed by atoms with van der Waals surface area (Å²) in [7, 11) is 0. The van der Waals surface area contributed by atoms with Gasteiger partial charge in [0.15, 0.2) is 5.79 Å². The largest absolute Gasteiger partial charge is 0.461 e. The number of nitrogens with zero attached hydrogens (tertiary/aromatic N) is 1. The average molecular weight is 405 g/mol. The van der Waals surface area contributed by atoms with Crippen molar-refractivity contribution in [2.75, 3.05) is 50.1 Å². The Bertz CT molecular complexity index is 841. The van der Waals surface area contributed by atoms with Crippen LogP contribution in [-0.4, -0.2) is 62.0 Å². The number of benzene rings is 1. The number of piperidine rings is 1. The molecular weight excluding hydrogens is 381 g/mol. The van der Waals surface area contributed by atoms with E-state index in [9.17, 15) is 14.0 Å². The Morgan fingerprint density at radius 2 is 1.93 bits per heavy atom. The van der Waals surface area contributed by atoms with Gasteiger partial charge in [0.2, 0.25) is 0 Å². The number of anilines is 2. The molecule has 3 heterocycles. The second-order valence-electron chi connectivity index (χ2n) is 7.23. The summed E-state index contributed by atoms with van der Waals surface area (Å²) in [6.45, 7) is 4.64. The third kappa shape index (κ3) is 4.12. The molecule has 2 N–H and O–H groups in total. The molecule has 0 saturated carbocycles. The summed E-state index contributed by atoms with van der Waals surface area (Å²) in [5, 5.41) is 5.66. The topological polar surface area (TPSA) is 89.1 Å². The molecule has 1 amide bonds. The van der Waals surface area contributed by atoms with E-state index < -0.39 is 23.5 Å². The van der Waals surface area contributed by atoms with Gasteiger partial charge in [-0.25, -0.2) is 9.18 Å². The Hall–Kier alpha value is -2.49. The number of rotatable bonds is 4. The van der Waals surface area contributed by atoms with Crippen molar-refractivity contribution >= 4 is 23.3 Å². The van der Waals surface area contributed by atoms with Crippen LogP contribution in [0.25, 0.3) is 0 Å². The van der Waals surface area contributed by atoms with Crippen molar-refractivity contribution in [3.8, 4) is 0 Å². The van der Waals surface area contributed by atoms with Crippen LogP contribution in [0.4, 0.5) is 15.8 Å². The highest BCUT2D eigenvalue weighted by Gasteiger charge is 2.40. The van der Waals surface area contributed by atoms with Crippen LogP contribution in [0.15, 0.2) is 29.5 Å². The number of hydrogen-bond donors (Lipinski definition) is 2. The molecule has 0 aliphatic carbocycles. The zero-order chi connectivity index (χ0) is 20.4. The first kappa shape index (κ1) is 19.8. The van der Waals surface area contributed by atoms with E-state index >= 15 is 0 Å². The van der Waals surface area contributed by atoms with Gasteiger partial charge in [-0.05, 0) is 25.1 Å². The molecular formula is C20H24FN3O5. The molecule has 0 bridgehead atoms. The molecule has 2 fully saturated rings. The predicted molar refractivity (Wildman–Crippen MR) is 103 cm³/mol. The van der Waals surface area contributed by atoms with Gasteiger partial charge in [-0.15, -0.1) is 0 Å². The number of carbonyl (C=O) groups excluding carboxylic acids is 2. The Kier molecular flexibility index (Phi) is 5.53. The van der Waals surface area contributed by atoms with Crippen LogP contribution in [0.2, 0.25) is 0 Å². The molecule has 3 aliphatic rings. The lowest BCUT2D eigenvalue weighted by atomic mass is 10.0. The van der Waals surface area contributed by atoms with Gasteiger partial charge >= 0.3 is 5.97 Å². The number of carbonyl (C=O) groups is 2. The first-order valence-corrected chi connectivity index (χ1v) is 9.78. The third-order valence-corrected chi connectivity index (χ3v) is 5.36. The number of halogens is 1. The van der Waals surface area contributed by atoms with Crippen molar-refractivity contribution in [2.24, 2.45) is 0 Å². The van der Waals surface area contributed by atoms with Crippen molar-refractivity contribution in [3.05, 3.63) is 35.3 Å². The van der Waals surface area contributed by atoms with E-state index in [1.54, 1.807) is 6.92 Å². The number of ether oxygens (including phenoxy) is 3. The van der Waals surface area contributed by atoms with Crippen LogP contribution in [0.1, 0.15) is 19.8 Å². The number of esters is 1. The minimum absolute atomic E-state index is 0.0726. The zero-order valence-electron chi connectivity index (χ0n) is 16.3. The summed E-state index contributed by atoms with van der Waals surface area (Å²) in [5.41, 5.74) is 1.04.